The normalized spacial score (nSPS) is 12.9. The van der Waals surface area contributed by atoms with Gasteiger partial charge in [0.1, 0.15) is 11.3 Å². The highest BCUT2D eigenvalue weighted by Crippen LogP contribution is 2.25. The van der Waals surface area contributed by atoms with E-state index in [1.807, 2.05) is 12.1 Å². The lowest BCUT2D eigenvalue weighted by Crippen LogP contribution is -2.19. The zero-order valence-corrected chi connectivity index (χ0v) is 9.19. The fraction of sp³-hybridized carbons (Fsp3) is 0.100. The molecule has 1 unspecified atom stereocenters. The van der Waals surface area contributed by atoms with Crippen molar-refractivity contribution in [1.82, 2.24) is 0 Å². The highest BCUT2D eigenvalue weighted by molar-refractivity contribution is 9.10. The minimum Gasteiger partial charge on any atom is -0.480 e. The number of halogens is 1. The van der Waals surface area contributed by atoms with E-state index in [-0.39, 0.29) is 5.76 Å². The van der Waals surface area contributed by atoms with Gasteiger partial charge in [0.05, 0.1) is 0 Å². The molecule has 0 bridgehead atoms. The van der Waals surface area contributed by atoms with Crippen molar-refractivity contribution in [3.05, 3.63) is 34.5 Å². The van der Waals surface area contributed by atoms with Gasteiger partial charge in [-0.15, -0.1) is 0 Å². The Balaban J connectivity index is 2.51. The zero-order valence-electron chi connectivity index (χ0n) is 7.61. The lowest BCUT2D eigenvalue weighted by molar-refractivity contribution is -0.139. The number of rotatable bonds is 2. The minimum absolute atomic E-state index is 0.260. The Morgan fingerprint density at radius 2 is 2.20 bits per heavy atom. The zero-order chi connectivity index (χ0) is 11.0. The highest BCUT2D eigenvalue weighted by Gasteiger charge is 2.18. The van der Waals surface area contributed by atoms with E-state index in [1.165, 1.54) is 0 Å². The number of carboxylic acids is 1. The van der Waals surface area contributed by atoms with Crippen molar-refractivity contribution in [3.63, 3.8) is 0 Å². The van der Waals surface area contributed by atoms with Crippen LogP contribution in [-0.2, 0) is 4.79 Å². The summed E-state index contributed by atoms with van der Waals surface area (Å²) in [4.78, 5) is 10.6. The van der Waals surface area contributed by atoms with Crippen LogP contribution in [0.2, 0.25) is 0 Å². The van der Waals surface area contributed by atoms with E-state index in [2.05, 4.69) is 15.9 Å². The van der Waals surface area contributed by atoms with E-state index in [1.54, 1.807) is 12.1 Å². The number of carboxylic acid groups (broad SMARTS) is 1. The number of hydrogen-bond donors (Lipinski definition) is 2. The number of benzene rings is 1. The van der Waals surface area contributed by atoms with Crippen LogP contribution >= 0.6 is 15.9 Å². The molecule has 1 aromatic carbocycles. The van der Waals surface area contributed by atoms with Crippen LogP contribution < -0.4 is 5.73 Å². The number of aliphatic carboxylic acids is 1. The van der Waals surface area contributed by atoms with Gasteiger partial charge >= 0.3 is 5.97 Å². The first kappa shape index (κ1) is 10.2. The van der Waals surface area contributed by atoms with Crippen LogP contribution in [0.1, 0.15) is 11.8 Å². The number of carbonyl (C=O) groups is 1. The minimum atomic E-state index is -1.11. The van der Waals surface area contributed by atoms with E-state index >= 15 is 0 Å². The molecule has 0 radical (unpaired) electrons. The molecule has 0 aliphatic rings. The average Bonchev–Trinajstić information content (AvgIpc) is 2.58. The van der Waals surface area contributed by atoms with Crippen LogP contribution in [0, 0.1) is 0 Å². The van der Waals surface area contributed by atoms with Crippen LogP contribution in [0.25, 0.3) is 11.0 Å². The number of furan rings is 1. The molecule has 0 saturated carbocycles. The molecular formula is C10H8BrNO3. The first-order chi connectivity index (χ1) is 7.08. The molecule has 0 spiro atoms. The molecule has 78 valence electrons. The van der Waals surface area contributed by atoms with E-state index < -0.39 is 12.0 Å². The number of hydrogen-bond acceptors (Lipinski definition) is 3. The fourth-order valence-electron chi connectivity index (χ4n) is 1.31. The third-order valence-corrected chi connectivity index (χ3v) is 2.56. The second-order valence-electron chi connectivity index (χ2n) is 3.15. The fourth-order valence-corrected chi connectivity index (χ4v) is 1.69. The Kier molecular flexibility index (Phi) is 2.50. The first-order valence-corrected chi connectivity index (χ1v) is 5.04. The lowest BCUT2D eigenvalue weighted by Gasteiger charge is -1.99. The lowest BCUT2D eigenvalue weighted by atomic mass is 10.2. The van der Waals surface area contributed by atoms with Gasteiger partial charge in [-0.2, -0.15) is 0 Å². The topological polar surface area (TPSA) is 76.5 Å². The van der Waals surface area contributed by atoms with Crippen LogP contribution in [0.15, 0.2) is 33.2 Å². The predicted molar refractivity (Wildman–Crippen MR) is 58.5 cm³/mol. The van der Waals surface area contributed by atoms with Gasteiger partial charge in [0.25, 0.3) is 0 Å². The second-order valence-corrected chi connectivity index (χ2v) is 4.06. The standard InChI is InChI=1S/C10H8BrNO3/c11-6-1-2-7-5(3-6)4-8(15-7)9(12)10(13)14/h1-4,9H,12H2,(H,13,14). The van der Waals surface area contributed by atoms with Gasteiger partial charge in [-0.05, 0) is 24.3 Å². The molecule has 0 amide bonds. The molecule has 2 aromatic rings. The molecule has 3 N–H and O–H groups in total. The van der Waals surface area contributed by atoms with E-state index in [0.29, 0.717) is 5.58 Å². The van der Waals surface area contributed by atoms with E-state index in [9.17, 15) is 4.79 Å². The molecule has 0 fully saturated rings. The first-order valence-electron chi connectivity index (χ1n) is 4.25. The maximum Gasteiger partial charge on any atom is 0.328 e. The molecule has 0 aliphatic heterocycles. The van der Waals surface area contributed by atoms with Crippen molar-refractivity contribution in [2.24, 2.45) is 5.73 Å². The Bertz CT molecular complexity index is 520. The Morgan fingerprint density at radius 1 is 1.47 bits per heavy atom. The second kappa shape index (κ2) is 3.67. The van der Waals surface area contributed by atoms with Gasteiger partial charge in [-0.25, -0.2) is 0 Å². The smallest absolute Gasteiger partial charge is 0.328 e. The summed E-state index contributed by atoms with van der Waals surface area (Å²) in [7, 11) is 0. The third kappa shape index (κ3) is 1.88. The molecular weight excluding hydrogens is 262 g/mol. The highest BCUT2D eigenvalue weighted by atomic mass is 79.9. The molecule has 2 rings (SSSR count). The van der Waals surface area contributed by atoms with Gasteiger partial charge in [0.2, 0.25) is 0 Å². The quantitative estimate of drug-likeness (QED) is 0.877. The summed E-state index contributed by atoms with van der Waals surface area (Å²) >= 11 is 3.32. The molecule has 5 heteroatoms. The van der Waals surface area contributed by atoms with Gasteiger partial charge in [-0.3, -0.25) is 4.79 Å². The summed E-state index contributed by atoms with van der Waals surface area (Å²) in [6, 6.07) is 5.95. The Morgan fingerprint density at radius 3 is 2.87 bits per heavy atom. The molecule has 1 atom stereocenters. The average molecular weight is 270 g/mol. The largest absolute Gasteiger partial charge is 0.480 e. The van der Waals surface area contributed by atoms with Gasteiger partial charge in [-0.1, -0.05) is 15.9 Å². The van der Waals surface area contributed by atoms with Crippen molar-refractivity contribution < 1.29 is 14.3 Å². The van der Waals surface area contributed by atoms with E-state index in [0.717, 1.165) is 9.86 Å². The summed E-state index contributed by atoms with van der Waals surface area (Å²) in [5, 5.41) is 9.55. The number of nitrogens with two attached hydrogens (primary N) is 1. The van der Waals surface area contributed by atoms with Crippen LogP contribution in [0.5, 0.6) is 0 Å². The SMILES string of the molecule is NC(C(=O)O)c1cc2cc(Br)ccc2o1. The van der Waals surface area contributed by atoms with Crippen molar-refractivity contribution in [3.8, 4) is 0 Å². The molecule has 1 aromatic heterocycles. The van der Waals surface area contributed by atoms with Gasteiger partial charge < -0.3 is 15.3 Å². The maximum absolute atomic E-state index is 10.6. The molecule has 15 heavy (non-hydrogen) atoms. The van der Waals surface area contributed by atoms with Crippen LogP contribution in [0.3, 0.4) is 0 Å². The van der Waals surface area contributed by atoms with Gasteiger partial charge in [0.15, 0.2) is 6.04 Å². The molecule has 0 aliphatic carbocycles. The summed E-state index contributed by atoms with van der Waals surface area (Å²) in [6.45, 7) is 0. The predicted octanol–water partition coefficient (Wildman–Crippen LogP) is 2.28. The van der Waals surface area contributed by atoms with Crippen LogP contribution in [0.4, 0.5) is 0 Å². The monoisotopic (exact) mass is 269 g/mol. The van der Waals surface area contributed by atoms with E-state index in [4.69, 9.17) is 15.3 Å². The molecule has 0 saturated heterocycles. The Labute approximate surface area is 93.8 Å². The van der Waals surface area contributed by atoms with Crippen molar-refractivity contribution in [2.75, 3.05) is 0 Å². The third-order valence-electron chi connectivity index (χ3n) is 2.07. The molecule has 4 nitrogen and oxygen atoms in total. The summed E-state index contributed by atoms with van der Waals surface area (Å²) < 4.78 is 6.23. The summed E-state index contributed by atoms with van der Waals surface area (Å²) in [5.41, 5.74) is 6.06. The summed E-state index contributed by atoms with van der Waals surface area (Å²) in [6.07, 6.45) is 0. The van der Waals surface area contributed by atoms with Crippen molar-refractivity contribution >= 4 is 32.9 Å². The summed E-state index contributed by atoms with van der Waals surface area (Å²) in [5.74, 6) is -0.844. The van der Waals surface area contributed by atoms with Crippen LogP contribution in [-0.4, -0.2) is 11.1 Å². The van der Waals surface area contributed by atoms with Crippen molar-refractivity contribution in [1.29, 1.82) is 0 Å². The van der Waals surface area contributed by atoms with Gasteiger partial charge in [0, 0.05) is 9.86 Å². The Hall–Kier alpha value is -1.33. The number of fused-ring (bicyclic) bond motifs is 1. The maximum atomic E-state index is 10.6. The molecule has 1 heterocycles. The van der Waals surface area contributed by atoms with Crippen molar-refractivity contribution in [2.45, 2.75) is 6.04 Å².